The van der Waals surface area contributed by atoms with E-state index in [-0.39, 0.29) is 65.2 Å². The average Bonchev–Trinajstić information content (AvgIpc) is 3.40. The molecule has 2 atom stereocenters. The minimum atomic E-state index is -6.31. The van der Waals surface area contributed by atoms with E-state index in [1.54, 1.807) is 17.9 Å². The molecule has 1 aliphatic heterocycles. The maximum atomic E-state index is 15.1. The molecule has 1 saturated heterocycles. The molecule has 1 amide bonds. The molecule has 3 aliphatic carbocycles. The monoisotopic (exact) mass is 689 g/mol. The van der Waals surface area contributed by atoms with Gasteiger partial charge in [0, 0.05) is 18.0 Å². The van der Waals surface area contributed by atoms with Gasteiger partial charge in [-0.2, -0.15) is 26.3 Å². The van der Waals surface area contributed by atoms with Crippen LogP contribution in [0.1, 0.15) is 86.1 Å². The van der Waals surface area contributed by atoms with E-state index in [4.69, 9.17) is 0 Å². The van der Waals surface area contributed by atoms with Crippen LogP contribution in [0, 0.1) is 18.3 Å². The third kappa shape index (κ3) is 5.03. The zero-order valence-corrected chi connectivity index (χ0v) is 27.0. The summed E-state index contributed by atoms with van der Waals surface area (Å²) in [7, 11) is -4.40. The Bertz CT molecular complexity index is 1660. The molecule has 3 fully saturated rings. The van der Waals surface area contributed by atoms with Gasteiger partial charge in [0.1, 0.15) is 4.75 Å². The Balaban J connectivity index is 1.43. The summed E-state index contributed by atoms with van der Waals surface area (Å²) in [6.07, 6.45) is -8.48. The van der Waals surface area contributed by atoms with Crippen molar-refractivity contribution in [3.05, 3.63) is 64.2 Å². The van der Waals surface area contributed by atoms with E-state index in [9.17, 15) is 44.7 Å². The zero-order valence-electron chi connectivity index (χ0n) is 26.1. The van der Waals surface area contributed by atoms with Crippen LogP contribution in [0.2, 0.25) is 0 Å². The van der Waals surface area contributed by atoms with E-state index >= 15 is 4.39 Å². The van der Waals surface area contributed by atoms with Crippen molar-refractivity contribution in [2.24, 2.45) is 11.3 Å². The van der Waals surface area contributed by atoms with Crippen molar-refractivity contribution in [2.75, 3.05) is 6.54 Å². The van der Waals surface area contributed by atoms with Gasteiger partial charge in [-0.3, -0.25) is 4.79 Å². The predicted molar refractivity (Wildman–Crippen MR) is 159 cm³/mol. The number of aliphatic hydroxyl groups is 1. The molecule has 1 spiro atoms. The smallest absolute Gasteiger partial charge is 0.393 e. The lowest BCUT2D eigenvalue weighted by atomic mass is 9.55. The number of amides is 1. The fourth-order valence-corrected chi connectivity index (χ4v) is 11.4. The van der Waals surface area contributed by atoms with E-state index < -0.39 is 44.2 Å². The standard InChI is InChI=1S/C34H38F7NO4S/c1-3-21-4-7-26(16-20(21)2)47(45,46)31-14-15-42(29(44)23-18-30(19-23)12-10-25(43)11-13-30)28(31)9-5-22-17-24(6-8-27(22)31)32(35,33(36,37)38)34(39,40)41/h4,6-8,16-17,23,25,28,43H,3,5,9-15,18-19H2,1-2H3. The molecule has 13 heteroatoms. The van der Waals surface area contributed by atoms with E-state index in [0.29, 0.717) is 49.8 Å². The van der Waals surface area contributed by atoms with Gasteiger partial charge in [-0.15, -0.1) is 0 Å². The second-order valence-corrected chi connectivity index (χ2v) is 16.2. The van der Waals surface area contributed by atoms with Crippen LogP contribution >= 0.6 is 0 Å². The topological polar surface area (TPSA) is 74.7 Å². The van der Waals surface area contributed by atoms with Crippen LogP contribution < -0.4 is 0 Å². The molecular weight excluding hydrogens is 651 g/mol. The molecule has 0 radical (unpaired) electrons. The molecule has 6 rings (SSSR count). The summed E-state index contributed by atoms with van der Waals surface area (Å²) in [6.45, 7) is 3.70. The normalized spacial score (nSPS) is 29.7. The van der Waals surface area contributed by atoms with Gasteiger partial charge in [0.2, 0.25) is 5.91 Å². The minimum Gasteiger partial charge on any atom is -0.393 e. The first kappa shape index (κ1) is 34.2. The molecule has 5 nitrogen and oxygen atoms in total. The van der Waals surface area contributed by atoms with Crippen molar-refractivity contribution in [3.8, 4) is 0 Å². The summed E-state index contributed by atoms with van der Waals surface area (Å²) in [5, 5.41) is 9.94. The van der Waals surface area contributed by atoms with E-state index in [1.165, 1.54) is 12.1 Å². The van der Waals surface area contributed by atoms with Crippen molar-refractivity contribution in [1.29, 1.82) is 0 Å². The largest absolute Gasteiger partial charge is 0.435 e. The van der Waals surface area contributed by atoms with E-state index in [1.807, 2.05) is 6.92 Å². The number of sulfone groups is 1. The molecule has 1 N–H and O–H groups in total. The molecular formula is C34H38F7NO4S. The van der Waals surface area contributed by atoms with E-state index in [0.717, 1.165) is 24.5 Å². The second-order valence-electron chi connectivity index (χ2n) is 14.0. The highest BCUT2D eigenvalue weighted by molar-refractivity contribution is 7.92. The number of halogens is 7. The van der Waals surface area contributed by atoms with Gasteiger partial charge < -0.3 is 10.0 Å². The quantitative estimate of drug-likeness (QED) is 0.333. The molecule has 2 saturated carbocycles. The molecule has 2 aromatic rings. The Labute approximate surface area is 269 Å². The van der Waals surface area contributed by atoms with Crippen molar-refractivity contribution in [3.63, 3.8) is 0 Å². The summed E-state index contributed by atoms with van der Waals surface area (Å²) in [4.78, 5) is 15.5. The third-order valence-electron chi connectivity index (χ3n) is 11.6. The number of fused-ring (bicyclic) bond motifs is 3. The van der Waals surface area contributed by atoms with E-state index in [2.05, 4.69) is 0 Å². The molecule has 0 bridgehead atoms. The van der Waals surface area contributed by atoms with Gasteiger partial charge >= 0.3 is 18.0 Å². The lowest BCUT2D eigenvalue weighted by molar-refractivity contribution is -0.348. The highest BCUT2D eigenvalue weighted by Gasteiger charge is 2.74. The van der Waals surface area contributed by atoms with Gasteiger partial charge in [0.25, 0.3) is 0 Å². The van der Waals surface area contributed by atoms with Gasteiger partial charge in [-0.05, 0) is 111 Å². The number of hydrogen-bond acceptors (Lipinski definition) is 4. The third-order valence-corrected chi connectivity index (χ3v) is 14.1. The number of benzene rings is 2. The maximum Gasteiger partial charge on any atom is 0.435 e. The summed E-state index contributed by atoms with van der Waals surface area (Å²) in [5.41, 5.74) is -5.85. The number of aryl methyl sites for hydroxylation is 3. The number of carbonyl (C=O) groups is 1. The van der Waals surface area contributed by atoms with Crippen molar-refractivity contribution in [1.82, 2.24) is 4.90 Å². The minimum absolute atomic E-state index is 0.00284. The number of aliphatic hydroxyl groups excluding tert-OH is 1. The van der Waals surface area contributed by atoms with Gasteiger partial charge in [0.15, 0.2) is 9.84 Å². The van der Waals surface area contributed by atoms with Crippen LogP contribution in [0.15, 0.2) is 41.3 Å². The SMILES string of the molecule is CCc1ccc(S(=O)(=O)C23CCN(C(=O)C4CC5(CCC(O)CC5)C4)C2CCc2cc(C(F)(C(F)(F)F)C(F)(F)F)ccc23)cc1C. The Hall–Kier alpha value is -2.67. The lowest BCUT2D eigenvalue weighted by Crippen LogP contribution is -2.55. The van der Waals surface area contributed by atoms with Gasteiger partial charge in [0.05, 0.1) is 17.0 Å². The van der Waals surface area contributed by atoms with Crippen LogP contribution in [0.25, 0.3) is 0 Å². The highest BCUT2D eigenvalue weighted by atomic mass is 32.2. The molecule has 2 aromatic carbocycles. The Morgan fingerprint density at radius 2 is 1.57 bits per heavy atom. The molecule has 258 valence electrons. The first-order valence-corrected chi connectivity index (χ1v) is 17.6. The molecule has 47 heavy (non-hydrogen) atoms. The summed E-state index contributed by atoms with van der Waals surface area (Å²) in [5.74, 6) is -0.553. The zero-order chi connectivity index (χ0) is 34.4. The Kier molecular flexibility index (Phi) is 8.14. The predicted octanol–water partition coefficient (Wildman–Crippen LogP) is 7.39. The van der Waals surface area contributed by atoms with Crippen molar-refractivity contribution in [2.45, 2.75) is 118 Å². The fraction of sp³-hybridized carbons (Fsp3) is 0.618. The van der Waals surface area contributed by atoms with Crippen molar-refractivity contribution >= 4 is 15.7 Å². The first-order valence-electron chi connectivity index (χ1n) is 16.1. The molecule has 2 unspecified atom stereocenters. The van der Waals surface area contributed by atoms with Crippen LogP contribution in [0.3, 0.4) is 0 Å². The average molecular weight is 690 g/mol. The maximum absolute atomic E-state index is 15.1. The summed E-state index contributed by atoms with van der Waals surface area (Å²) < 4.78 is 125. The van der Waals surface area contributed by atoms with Gasteiger partial charge in [-0.25, -0.2) is 12.8 Å². The highest BCUT2D eigenvalue weighted by Crippen LogP contribution is 2.59. The second kappa shape index (κ2) is 11.2. The molecule has 4 aliphatic rings. The number of nitrogens with zero attached hydrogens (tertiary/aromatic N) is 1. The summed E-state index contributed by atoms with van der Waals surface area (Å²) >= 11 is 0. The summed E-state index contributed by atoms with van der Waals surface area (Å²) in [6, 6.07) is 5.52. The van der Waals surface area contributed by atoms with Crippen molar-refractivity contribution < 1.29 is 49.1 Å². The number of carbonyl (C=O) groups excluding carboxylic acids is 1. The number of hydrogen-bond donors (Lipinski definition) is 1. The van der Waals surface area contributed by atoms with Crippen LogP contribution in [0.5, 0.6) is 0 Å². The first-order chi connectivity index (χ1) is 21.8. The van der Waals surface area contributed by atoms with Crippen LogP contribution in [0.4, 0.5) is 30.7 Å². The number of likely N-dealkylation sites (tertiary alicyclic amines) is 1. The lowest BCUT2D eigenvalue weighted by Gasteiger charge is -2.52. The Morgan fingerprint density at radius 1 is 0.936 bits per heavy atom. The number of alkyl halides is 7. The molecule has 1 heterocycles. The fourth-order valence-electron chi connectivity index (χ4n) is 8.95. The van der Waals surface area contributed by atoms with Crippen LogP contribution in [-0.2, 0) is 37.9 Å². The van der Waals surface area contributed by atoms with Crippen LogP contribution in [-0.4, -0.2) is 55.4 Å². The molecule has 0 aromatic heterocycles. The number of rotatable bonds is 5. The Morgan fingerprint density at radius 3 is 2.15 bits per heavy atom. The van der Waals surface area contributed by atoms with Gasteiger partial charge in [-0.1, -0.05) is 31.2 Å².